The molecule has 0 fully saturated rings. The number of carbonyl (C=O) groups is 1. The molecule has 1 amide bonds. The largest absolute Gasteiger partial charge is 0.308 e. The van der Waals surface area contributed by atoms with Crippen LogP contribution in [-0.4, -0.2) is 21.8 Å². The second-order valence-electron chi connectivity index (χ2n) is 6.81. The van der Waals surface area contributed by atoms with Crippen LogP contribution >= 0.6 is 11.3 Å². The van der Waals surface area contributed by atoms with Gasteiger partial charge in [-0.3, -0.25) is 9.20 Å². The summed E-state index contributed by atoms with van der Waals surface area (Å²) in [4.78, 5) is 21.6. The minimum atomic E-state index is 0.0499. The number of rotatable bonds is 6. The molecule has 2 heterocycles. The summed E-state index contributed by atoms with van der Waals surface area (Å²) >= 11 is 1.46. The van der Waals surface area contributed by atoms with Crippen LogP contribution in [0, 0.1) is 6.92 Å². The lowest BCUT2D eigenvalue weighted by Crippen LogP contribution is -2.31. The van der Waals surface area contributed by atoms with E-state index in [9.17, 15) is 4.79 Å². The molecule has 0 bridgehead atoms. The number of carbonyl (C=O) groups excluding carboxylic acids is 1. The first-order valence-corrected chi connectivity index (χ1v) is 10.4. The molecular weight excluding hydrogens is 366 g/mol. The van der Waals surface area contributed by atoms with E-state index in [-0.39, 0.29) is 5.91 Å². The van der Waals surface area contributed by atoms with Crippen LogP contribution in [0.3, 0.4) is 0 Å². The van der Waals surface area contributed by atoms with Gasteiger partial charge in [0.1, 0.15) is 4.88 Å². The topological polar surface area (TPSA) is 37.6 Å². The van der Waals surface area contributed by atoms with E-state index in [1.165, 1.54) is 11.3 Å². The molecule has 0 unspecified atom stereocenters. The number of unbranched alkanes of at least 4 members (excludes halogenated alkanes) is 1. The van der Waals surface area contributed by atoms with Crippen molar-refractivity contribution in [1.82, 2.24) is 9.38 Å². The fraction of sp³-hybridized carbons (Fsp3) is 0.217. The maximum atomic E-state index is 13.4. The lowest BCUT2D eigenvalue weighted by Gasteiger charge is -2.22. The smallest absolute Gasteiger partial charge is 0.270 e. The van der Waals surface area contributed by atoms with Crippen LogP contribution in [0.5, 0.6) is 0 Å². The van der Waals surface area contributed by atoms with E-state index in [0.29, 0.717) is 6.54 Å². The van der Waals surface area contributed by atoms with Gasteiger partial charge in [-0.2, -0.15) is 0 Å². The first kappa shape index (κ1) is 18.4. The predicted octanol–water partition coefficient (Wildman–Crippen LogP) is 5.82. The number of benzene rings is 2. The molecule has 4 rings (SSSR count). The van der Waals surface area contributed by atoms with Gasteiger partial charge in [0.2, 0.25) is 0 Å². The molecule has 0 atom stereocenters. The van der Waals surface area contributed by atoms with Crippen molar-refractivity contribution in [2.45, 2.75) is 26.7 Å². The summed E-state index contributed by atoms with van der Waals surface area (Å²) in [6, 6.07) is 20.0. The van der Waals surface area contributed by atoms with Crippen LogP contribution < -0.4 is 4.90 Å². The molecule has 0 aliphatic heterocycles. The number of hydrogen-bond acceptors (Lipinski definition) is 3. The van der Waals surface area contributed by atoms with Crippen molar-refractivity contribution < 1.29 is 4.79 Å². The fourth-order valence-corrected chi connectivity index (χ4v) is 4.35. The van der Waals surface area contributed by atoms with Gasteiger partial charge < -0.3 is 4.90 Å². The second-order valence-corrected chi connectivity index (χ2v) is 7.78. The number of amides is 1. The molecule has 2 aromatic carbocycles. The molecule has 142 valence electrons. The molecule has 5 heteroatoms. The zero-order valence-corrected chi connectivity index (χ0v) is 16.9. The number of nitrogens with zero attached hydrogens (tertiary/aromatic N) is 3. The van der Waals surface area contributed by atoms with Crippen LogP contribution in [0.25, 0.3) is 16.2 Å². The summed E-state index contributed by atoms with van der Waals surface area (Å²) in [6.07, 6.45) is 4.04. The average molecular weight is 390 g/mol. The summed E-state index contributed by atoms with van der Waals surface area (Å²) in [5, 5.41) is 0. The van der Waals surface area contributed by atoms with Gasteiger partial charge in [-0.05, 0) is 25.5 Å². The molecule has 0 saturated carbocycles. The van der Waals surface area contributed by atoms with Gasteiger partial charge >= 0.3 is 0 Å². The third-order valence-corrected chi connectivity index (χ3v) is 6.01. The first-order valence-electron chi connectivity index (χ1n) is 9.60. The molecular formula is C23H23N3OS. The number of aromatic nitrogens is 2. The highest BCUT2D eigenvalue weighted by molar-refractivity contribution is 7.19. The van der Waals surface area contributed by atoms with E-state index < -0.39 is 0 Å². The van der Waals surface area contributed by atoms with Crippen molar-refractivity contribution in [2.24, 2.45) is 0 Å². The van der Waals surface area contributed by atoms with Gasteiger partial charge in [-0.25, -0.2) is 4.98 Å². The summed E-state index contributed by atoms with van der Waals surface area (Å²) in [6.45, 7) is 4.85. The molecule has 0 N–H and O–H groups in total. The maximum Gasteiger partial charge on any atom is 0.270 e. The van der Waals surface area contributed by atoms with Crippen molar-refractivity contribution in [3.8, 4) is 11.3 Å². The number of hydrogen-bond donors (Lipinski definition) is 0. The van der Waals surface area contributed by atoms with Crippen molar-refractivity contribution in [3.05, 3.63) is 77.4 Å². The van der Waals surface area contributed by atoms with Crippen LogP contribution in [0.4, 0.5) is 5.69 Å². The van der Waals surface area contributed by atoms with Gasteiger partial charge in [0.15, 0.2) is 4.96 Å². The zero-order valence-electron chi connectivity index (χ0n) is 16.1. The predicted molar refractivity (Wildman–Crippen MR) is 116 cm³/mol. The monoisotopic (exact) mass is 389 g/mol. The van der Waals surface area contributed by atoms with Crippen molar-refractivity contribution in [1.29, 1.82) is 0 Å². The number of anilines is 1. The second kappa shape index (κ2) is 7.98. The average Bonchev–Trinajstić information content (AvgIpc) is 3.29. The van der Waals surface area contributed by atoms with Gasteiger partial charge in [0, 0.05) is 29.7 Å². The fourth-order valence-electron chi connectivity index (χ4n) is 3.29. The Morgan fingerprint density at radius 1 is 1.07 bits per heavy atom. The zero-order chi connectivity index (χ0) is 19.5. The highest BCUT2D eigenvalue weighted by Gasteiger charge is 2.23. The first-order chi connectivity index (χ1) is 13.7. The number of imidazole rings is 1. The lowest BCUT2D eigenvalue weighted by molar-refractivity contribution is 0.0989. The lowest BCUT2D eigenvalue weighted by atomic mass is 10.2. The summed E-state index contributed by atoms with van der Waals surface area (Å²) in [5.41, 5.74) is 3.90. The molecule has 0 saturated heterocycles. The molecule has 0 aliphatic carbocycles. The molecule has 2 aromatic heterocycles. The Kier molecular flexibility index (Phi) is 5.26. The number of para-hydroxylation sites is 1. The highest BCUT2D eigenvalue weighted by Crippen LogP contribution is 2.29. The highest BCUT2D eigenvalue weighted by atomic mass is 32.1. The summed E-state index contributed by atoms with van der Waals surface area (Å²) in [7, 11) is 0. The quantitative estimate of drug-likeness (QED) is 0.417. The minimum absolute atomic E-state index is 0.0499. The molecule has 4 nitrogen and oxygen atoms in total. The molecule has 0 spiro atoms. The Morgan fingerprint density at radius 3 is 2.39 bits per heavy atom. The summed E-state index contributed by atoms with van der Waals surface area (Å²) in [5.74, 6) is 0.0499. The van der Waals surface area contributed by atoms with Crippen molar-refractivity contribution in [3.63, 3.8) is 0 Å². The van der Waals surface area contributed by atoms with Crippen molar-refractivity contribution >= 4 is 27.9 Å². The van der Waals surface area contributed by atoms with Gasteiger partial charge in [0.05, 0.1) is 5.69 Å². The van der Waals surface area contributed by atoms with E-state index in [2.05, 4.69) is 19.1 Å². The Morgan fingerprint density at radius 2 is 1.75 bits per heavy atom. The van der Waals surface area contributed by atoms with Crippen LogP contribution in [0.2, 0.25) is 0 Å². The van der Waals surface area contributed by atoms with Gasteiger partial charge in [-0.1, -0.05) is 73.2 Å². The van der Waals surface area contributed by atoms with Gasteiger partial charge in [0.25, 0.3) is 5.91 Å². The number of fused-ring (bicyclic) bond motifs is 1. The minimum Gasteiger partial charge on any atom is -0.308 e. The molecule has 0 radical (unpaired) electrons. The third kappa shape index (κ3) is 3.45. The van der Waals surface area contributed by atoms with Gasteiger partial charge in [-0.15, -0.1) is 0 Å². The number of aryl methyl sites for hydroxylation is 1. The van der Waals surface area contributed by atoms with E-state index in [1.54, 1.807) is 0 Å². The SMILES string of the molecule is CCCCN(C(=O)c1sc2nc(-c3ccccc3)cn2c1C)c1ccccc1. The normalized spacial score (nSPS) is 11.1. The van der Waals surface area contributed by atoms with Crippen LogP contribution in [-0.2, 0) is 0 Å². The molecule has 28 heavy (non-hydrogen) atoms. The van der Waals surface area contributed by atoms with E-state index >= 15 is 0 Å². The Hall–Kier alpha value is -2.92. The summed E-state index contributed by atoms with van der Waals surface area (Å²) < 4.78 is 2.03. The van der Waals surface area contributed by atoms with Crippen LogP contribution in [0.15, 0.2) is 66.9 Å². The van der Waals surface area contributed by atoms with E-state index in [0.717, 1.165) is 45.3 Å². The van der Waals surface area contributed by atoms with Crippen LogP contribution in [0.1, 0.15) is 35.1 Å². The molecule has 0 aliphatic rings. The Labute approximate surface area is 169 Å². The maximum absolute atomic E-state index is 13.4. The third-order valence-electron chi connectivity index (χ3n) is 4.87. The van der Waals surface area contributed by atoms with E-state index in [1.807, 2.05) is 71.0 Å². The molecule has 4 aromatic rings. The Bertz CT molecular complexity index is 1080. The number of thiazole rings is 1. The van der Waals surface area contributed by atoms with E-state index in [4.69, 9.17) is 4.98 Å². The standard InChI is InChI=1S/C23H23N3OS/c1-3-4-15-25(19-13-9-6-10-14-19)22(27)21-17(2)26-16-20(24-23(26)28-21)18-11-7-5-8-12-18/h5-14,16H,3-4,15H2,1-2H3. The Balaban J connectivity index is 1.70. The van der Waals surface area contributed by atoms with Crippen molar-refractivity contribution in [2.75, 3.05) is 11.4 Å².